The van der Waals surface area contributed by atoms with Crippen molar-refractivity contribution in [1.29, 1.82) is 0 Å². The molecule has 4 rings (SSSR count). The van der Waals surface area contributed by atoms with Crippen molar-refractivity contribution in [3.63, 3.8) is 0 Å². The van der Waals surface area contributed by atoms with Gasteiger partial charge in [0.25, 0.3) is 5.91 Å². The van der Waals surface area contributed by atoms with Crippen molar-refractivity contribution in [3.05, 3.63) is 51.0 Å². The molecule has 39 heavy (non-hydrogen) atoms. The Labute approximate surface area is 222 Å². The standard InChI is InChI=1S/C27H31F3N2O7/c1-3-5-6-32(4-2)11-13-9-16(33)19-15(21(13)27(28,29)30)8-12-7-14-10-17(34)20(25(31)38)24(37)26(14,39)23(36)18(12)22(19)35/h9,12,14,33-34,36,39H,3-8,10-11H2,1-2H3,(H2,31,38)/t12?,14-,26-/m0/s1. The Morgan fingerprint density at radius 3 is 2.41 bits per heavy atom. The summed E-state index contributed by atoms with van der Waals surface area (Å²) in [6.45, 7) is 4.68. The number of Topliss-reactive ketones (excluding diaryl/α,β-unsaturated/α-hetero) is 2. The van der Waals surface area contributed by atoms with Crippen LogP contribution >= 0.6 is 0 Å². The van der Waals surface area contributed by atoms with Crippen LogP contribution in [-0.2, 0) is 28.7 Å². The normalized spacial score (nSPS) is 25.1. The minimum absolute atomic E-state index is 0.107. The summed E-state index contributed by atoms with van der Waals surface area (Å²) in [5.41, 5.74) is -1.33. The molecule has 0 heterocycles. The Balaban J connectivity index is 1.88. The predicted octanol–water partition coefficient (Wildman–Crippen LogP) is 3.22. The van der Waals surface area contributed by atoms with E-state index in [1.807, 2.05) is 18.7 Å². The van der Waals surface area contributed by atoms with Gasteiger partial charge in [0.15, 0.2) is 11.4 Å². The minimum atomic E-state index is -4.87. The number of nitrogens with zero attached hydrogens (tertiary/aromatic N) is 1. The van der Waals surface area contributed by atoms with Crippen LogP contribution in [0.3, 0.4) is 0 Å². The fraction of sp³-hybridized carbons (Fsp3) is 0.519. The molecular weight excluding hydrogens is 521 g/mol. The molecule has 3 atom stereocenters. The quantitative estimate of drug-likeness (QED) is 0.322. The average Bonchev–Trinajstić information content (AvgIpc) is 2.82. The molecule has 1 amide bonds. The van der Waals surface area contributed by atoms with Gasteiger partial charge in [-0.15, -0.1) is 0 Å². The van der Waals surface area contributed by atoms with Crippen LogP contribution in [0.1, 0.15) is 66.6 Å². The van der Waals surface area contributed by atoms with Crippen LogP contribution < -0.4 is 5.73 Å². The van der Waals surface area contributed by atoms with Crippen LogP contribution in [0.4, 0.5) is 13.2 Å². The number of phenols is 1. The van der Waals surface area contributed by atoms with E-state index in [9.17, 15) is 48.0 Å². The number of nitrogens with two attached hydrogens (primary N) is 1. The molecular formula is C27H31F3N2O7. The third-order valence-electron chi connectivity index (χ3n) is 8.10. The number of ketones is 2. The van der Waals surface area contributed by atoms with Crippen molar-refractivity contribution in [1.82, 2.24) is 4.90 Å². The molecule has 0 radical (unpaired) electrons. The maximum Gasteiger partial charge on any atom is 0.417 e. The third kappa shape index (κ3) is 4.49. The number of amides is 1. The summed E-state index contributed by atoms with van der Waals surface area (Å²) in [7, 11) is 0. The van der Waals surface area contributed by atoms with Crippen LogP contribution in [0.2, 0.25) is 0 Å². The first-order valence-corrected chi connectivity index (χ1v) is 12.8. The molecule has 0 aliphatic heterocycles. The van der Waals surface area contributed by atoms with Gasteiger partial charge in [-0.2, -0.15) is 13.2 Å². The molecule has 0 spiro atoms. The maximum atomic E-state index is 14.5. The number of phenolic OH excluding ortho intramolecular Hbond substituents is 1. The fourth-order valence-electron chi connectivity index (χ4n) is 6.21. The summed E-state index contributed by atoms with van der Waals surface area (Å²) in [4.78, 5) is 40.1. The number of carbonyl (C=O) groups is 3. The number of allylic oxidation sites excluding steroid dienone is 2. The molecule has 6 N–H and O–H groups in total. The lowest BCUT2D eigenvalue weighted by atomic mass is 9.60. The topological polar surface area (TPSA) is 161 Å². The Morgan fingerprint density at radius 2 is 1.85 bits per heavy atom. The van der Waals surface area contributed by atoms with Gasteiger partial charge in [0.1, 0.15) is 22.8 Å². The van der Waals surface area contributed by atoms with Crippen molar-refractivity contribution in [2.45, 2.75) is 64.3 Å². The van der Waals surface area contributed by atoms with Crippen molar-refractivity contribution in [3.8, 4) is 5.75 Å². The van der Waals surface area contributed by atoms with Crippen LogP contribution in [0.5, 0.6) is 5.75 Å². The Kier molecular flexibility index (Phi) is 7.32. The van der Waals surface area contributed by atoms with E-state index in [4.69, 9.17) is 5.73 Å². The number of primary amides is 1. The smallest absolute Gasteiger partial charge is 0.417 e. The van der Waals surface area contributed by atoms with E-state index < -0.39 is 99.0 Å². The van der Waals surface area contributed by atoms with Crippen molar-refractivity contribution in [2.75, 3.05) is 13.1 Å². The zero-order chi connectivity index (χ0) is 29.0. The number of halogens is 3. The summed E-state index contributed by atoms with van der Waals surface area (Å²) in [5.74, 6) is -8.68. The number of hydrogen-bond acceptors (Lipinski definition) is 8. The Bertz CT molecular complexity index is 1320. The Morgan fingerprint density at radius 1 is 1.18 bits per heavy atom. The van der Waals surface area contributed by atoms with Crippen LogP contribution in [0.15, 0.2) is 28.7 Å². The molecule has 0 saturated carbocycles. The lowest BCUT2D eigenvalue weighted by molar-refractivity contribution is -0.144. The zero-order valence-corrected chi connectivity index (χ0v) is 21.6. The molecule has 1 aromatic carbocycles. The summed E-state index contributed by atoms with van der Waals surface area (Å²) in [6, 6.07) is 0.907. The number of aromatic hydroxyl groups is 1. The second-order valence-corrected chi connectivity index (χ2v) is 10.4. The number of aliphatic hydroxyl groups is 3. The monoisotopic (exact) mass is 552 g/mol. The van der Waals surface area contributed by atoms with Gasteiger partial charge < -0.3 is 26.2 Å². The van der Waals surface area contributed by atoms with Gasteiger partial charge in [0.2, 0.25) is 5.78 Å². The zero-order valence-electron chi connectivity index (χ0n) is 21.6. The first-order chi connectivity index (χ1) is 18.2. The highest BCUT2D eigenvalue weighted by atomic mass is 19.4. The van der Waals surface area contributed by atoms with E-state index in [-0.39, 0.29) is 18.5 Å². The highest BCUT2D eigenvalue weighted by Crippen LogP contribution is 2.53. The van der Waals surface area contributed by atoms with E-state index >= 15 is 0 Å². The molecule has 0 bridgehead atoms. The summed E-state index contributed by atoms with van der Waals surface area (Å²) < 4.78 is 43.5. The summed E-state index contributed by atoms with van der Waals surface area (Å²) in [5, 5.41) is 43.3. The molecule has 1 aromatic rings. The van der Waals surface area contributed by atoms with E-state index in [0.29, 0.717) is 13.1 Å². The SMILES string of the molecule is CCCCN(CC)Cc1cc(O)c2c(c1C(F)(F)F)CC1C[C@H]3CC(O)=C(C(N)=O)C(=O)[C@@]3(O)C(O)=C1C2=O. The van der Waals surface area contributed by atoms with Crippen molar-refractivity contribution >= 4 is 17.5 Å². The number of carbonyl (C=O) groups excluding carboxylic acids is 3. The number of aliphatic hydroxyl groups excluding tert-OH is 2. The second-order valence-electron chi connectivity index (χ2n) is 10.4. The van der Waals surface area contributed by atoms with E-state index in [1.54, 1.807) is 0 Å². The Hall–Kier alpha value is -3.38. The van der Waals surface area contributed by atoms with Gasteiger partial charge in [-0.3, -0.25) is 19.3 Å². The van der Waals surface area contributed by atoms with Crippen LogP contribution in [0, 0.1) is 11.8 Å². The van der Waals surface area contributed by atoms with Gasteiger partial charge in [-0.25, -0.2) is 0 Å². The summed E-state index contributed by atoms with van der Waals surface area (Å²) in [6.07, 6.45) is -4.38. The lowest BCUT2D eigenvalue weighted by Gasteiger charge is -2.45. The number of alkyl halides is 3. The summed E-state index contributed by atoms with van der Waals surface area (Å²) >= 11 is 0. The average molecular weight is 553 g/mol. The number of rotatable bonds is 7. The highest BCUT2D eigenvalue weighted by Gasteiger charge is 2.60. The number of hydrogen-bond donors (Lipinski definition) is 5. The number of fused-ring (bicyclic) bond motifs is 3. The minimum Gasteiger partial charge on any atom is -0.511 e. The largest absolute Gasteiger partial charge is 0.511 e. The van der Waals surface area contributed by atoms with Gasteiger partial charge in [-0.1, -0.05) is 20.3 Å². The van der Waals surface area contributed by atoms with Crippen molar-refractivity contribution in [2.24, 2.45) is 17.6 Å². The third-order valence-corrected chi connectivity index (χ3v) is 8.10. The highest BCUT2D eigenvalue weighted by molar-refractivity contribution is 6.24. The molecule has 3 aliphatic rings. The number of benzene rings is 1. The van der Waals surface area contributed by atoms with Gasteiger partial charge >= 0.3 is 6.18 Å². The van der Waals surface area contributed by atoms with Gasteiger partial charge in [0.05, 0.1) is 11.1 Å². The lowest BCUT2D eigenvalue weighted by Crippen LogP contribution is -2.57. The fourth-order valence-corrected chi connectivity index (χ4v) is 6.21. The van der Waals surface area contributed by atoms with E-state index in [0.717, 1.165) is 18.9 Å². The van der Waals surface area contributed by atoms with E-state index in [2.05, 4.69) is 0 Å². The second kappa shape index (κ2) is 9.98. The van der Waals surface area contributed by atoms with Crippen molar-refractivity contribution < 1.29 is 48.0 Å². The molecule has 9 nitrogen and oxygen atoms in total. The molecule has 0 aromatic heterocycles. The molecule has 0 saturated heterocycles. The predicted molar refractivity (Wildman–Crippen MR) is 132 cm³/mol. The van der Waals surface area contributed by atoms with Crippen LogP contribution in [0.25, 0.3) is 0 Å². The first-order valence-electron chi connectivity index (χ1n) is 12.8. The van der Waals surface area contributed by atoms with Crippen LogP contribution in [-0.4, -0.2) is 61.5 Å². The number of unbranched alkanes of at least 4 members (excludes halogenated alkanes) is 1. The molecule has 212 valence electrons. The maximum absolute atomic E-state index is 14.5. The van der Waals surface area contributed by atoms with E-state index in [1.165, 1.54) is 0 Å². The van der Waals surface area contributed by atoms with Gasteiger partial charge in [-0.05, 0) is 55.5 Å². The molecule has 12 heteroatoms. The first kappa shape index (κ1) is 28.6. The molecule has 1 unspecified atom stereocenters. The van der Waals surface area contributed by atoms with Gasteiger partial charge in [0, 0.05) is 24.5 Å². The molecule has 3 aliphatic carbocycles. The molecule has 0 fully saturated rings.